The lowest BCUT2D eigenvalue weighted by molar-refractivity contribution is -0.113. The van der Waals surface area contributed by atoms with Crippen LogP contribution >= 0.6 is 23.4 Å². The summed E-state index contributed by atoms with van der Waals surface area (Å²) in [4.78, 5) is 16.3. The third kappa shape index (κ3) is 3.78. The Morgan fingerprint density at radius 1 is 1.32 bits per heavy atom. The maximum atomic E-state index is 11.8. The smallest absolute Gasteiger partial charge is 0.235 e. The molecule has 0 atom stereocenters. The Morgan fingerprint density at radius 3 is 2.84 bits per heavy atom. The van der Waals surface area contributed by atoms with Crippen LogP contribution < -0.4 is 5.32 Å². The summed E-state index contributed by atoms with van der Waals surface area (Å²) >= 11 is 7.01. The Morgan fingerprint density at radius 2 is 2.08 bits per heavy atom. The fourth-order valence-electron chi connectivity index (χ4n) is 2.34. The van der Waals surface area contributed by atoms with Gasteiger partial charge in [0, 0.05) is 5.56 Å². The molecule has 2 aromatic carbocycles. The molecule has 0 radical (unpaired) electrons. The molecule has 0 aliphatic carbocycles. The Hall–Kier alpha value is -2.49. The average molecular weight is 372 g/mol. The van der Waals surface area contributed by atoms with Crippen LogP contribution in [0.4, 0.5) is 5.69 Å². The number of thioether (sulfide) groups is 1. The number of nitrogens with one attached hydrogen (secondary N) is 1. The summed E-state index contributed by atoms with van der Waals surface area (Å²) in [7, 11) is 0. The second-order valence-corrected chi connectivity index (χ2v) is 6.71. The van der Waals surface area contributed by atoms with E-state index in [4.69, 9.17) is 21.3 Å². The van der Waals surface area contributed by atoms with E-state index in [1.54, 1.807) is 18.2 Å². The van der Waals surface area contributed by atoms with Crippen molar-refractivity contribution in [3.05, 3.63) is 46.5 Å². The van der Waals surface area contributed by atoms with Crippen molar-refractivity contribution in [3.63, 3.8) is 0 Å². The molecule has 126 valence electrons. The third-order valence-corrected chi connectivity index (χ3v) is 4.62. The number of halogens is 1. The molecule has 25 heavy (non-hydrogen) atoms. The van der Waals surface area contributed by atoms with Crippen LogP contribution in [0.25, 0.3) is 22.6 Å². The molecule has 0 bridgehead atoms. The van der Waals surface area contributed by atoms with Gasteiger partial charge in [0.25, 0.3) is 0 Å². The normalized spacial score (nSPS) is 10.6. The minimum absolute atomic E-state index is 0.0402. The molecule has 7 heteroatoms. The predicted octanol–water partition coefficient (Wildman–Crippen LogP) is 4.92. The lowest BCUT2D eigenvalue weighted by Gasteiger charge is -2.07. The van der Waals surface area contributed by atoms with Crippen molar-refractivity contribution in [2.24, 2.45) is 0 Å². The minimum atomic E-state index is -0.297. The maximum Gasteiger partial charge on any atom is 0.235 e. The zero-order valence-corrected chi connectivity index (χ0v) is 15.2. The number of carbonyl (C=O) groups is 1. The molecule has 0 unspecified atom stereocenters. The van der Waals surface area contributed by atoms with E-state index in [1.165, 1.54) is 0 Å². The first-order valence-electron chi connectivity index (χ1n) is 7.46. The number of nitrogens with zero attached hydrogens (tertiary/aromatic N) is 2. The van der Waals surface area contributed by atoms with Gasteiger partial charge in [-0.3, -0.25) is 4.79 Å². The van der Waals surface area contributed by atoms with Crippen LogP contribution in [0.15, 0.2) is 34.7 Å². The molecule has 0 aliphatic heterocycles. The fourth-order valence-corrected chi connectivity index (χ4v) is 2.77. The van der Waals surface area contributed by atoms with Crippen LogP contribution in [0.5, 0.6) is 0 Å². The van der Waals surface area contributed by atoms with Gasteiger partial charge in [0.1, 0.15) is 10.9 Å². The highest BCUT2D eigenvalue weighted by molar-refractivity contribution is 8.04. The van der Waals surface area contributed by atoms with Crippen molar-refractivity contribution in [2.75, 3.05) is 11.1 Å². The fraction of sp³-hybridized carbons (Fsp3) is 0.167. The first kappa shape index (κ1) is 17.3. The highest BCUT2D eigenvalue weighted by atomic mass is 35.5. The molecule has 0 aliphatic rings. The van der Waals surface area contributed by atoms with Crippen molar-refractivity contribution in [1.29, 1.82) is 5.26 Å². The van der Waals surface area contributed by atoms with Gasteiger partial charge in [-0.25, -0.2) is 4.98 Å². The first-order chi connectivity index (χ1) is 12.0. The van der Waals surface area contributed by atoms with Crippen LogP contribution in [-0.2, 0) is 4.79 Å². The second kappa shape index (κ2) is 7.18. The molecule has 0 saturated carbocycles. The number of nitriles is 1. The molecule has 5 nitrogen and oxygen atoms in total. The van der Waals surface area contributed by atoms with Gasteiger partial charge < -0.3 is 9.73 Å². The van der Waals surface area contributed by atoms with Crippen molar-refractivity contribution < 1.29 is 9.21 Å². The highest BCUT2D eigenvalue weighted by Gasteiger charge is 2.13. The molecule has 3 aromatic rings. The van der Waals surface area contributed by atoms with Gasteiger partial charge in [-0.2, -0.15) is 5.26 Å². The van der Waals surface area contributed by atoms with Crippen LogP contribution in [0, 0.1) is 24.5 Å². The summed E-state index contributed by atoms with van der Waals surface area (Å²) in [6.45, 7) is 4.05. The van der Waals surface area contributed by atoms with Crippen LogP contribution in [-0.4, -0.2) is 16.6 Å². The van der Waals surface area contributed by atoms with Crippen molar-refractivity contribution in [3.8, 4) is 16.9 Å². The molecule has 1 aromatic heterocycles. The quantitative estimate of drug-likeness (QED) is 0.658. The molecule has 0 spiro atoms. The second-order valence-electron chi connectivity index (χ2n) is 5.55. The van der Waals surface area contributed by atoms with E-state index in [-0.39, 0.29) is 11.7 Å². The number of aryl methyl sites for hydroxylation is 2. The first-order valence-corrected chi connectivity index (χ1v) is 8.82. The van der Waals surface area contributed by atoms with Gasteiger partial charge in [0.15, 0.2) is 5.58 Å². The summed E-state index contributed by atoms with van der Waals surface area (Å²) in [5.41, 5.74) is 4.94. The molecule has 1 amide bonds. The van der Waals surface area contributed by atoms with Crippen molar-refractivity contribution in [2.45, 2.75) is 13.8 Å². The van der Waals surface area contributed by atoms with Gasteiger partial charge in [0.2, 0.25) is 11.8 Å². The Labute approximate surface area is 154 Å². The van der Waals surface area contributed by atoms with E-state index in [9.17, 15) is 4.79 Å². The lowest BCUT2D eigenvalue weighted by atomic mass is 10.1. The average Bonchev–Trinajstić information content (AvgIpc) is 2.98. The highest BCUT2D eigenvalue weighted by Crippen LogP contribution is 2.31. The number of benzene rings is 2. The molecule has 3 rings (SSSR count). The largest absolute Gasteiger partial charge is 0.436 e. The summed E-state index contributed by atoms with van der Waals surface area (Å²) in [6, 6.07) is 9.11. The molecule has 0 fully saturated rings. The molecule has 1 N–H and O–H groups in total. The number of oxazole rings is 1. The van der Waals surface area contributed by atoms with Crippen LogP contribution in [0.3, 0.4) is 0 Å². The number of carbonyl (C=O) groups excluding carboxylic acids is 1. The number of amides is 1. The third-order valence-electron chi connectivity index (χ3n) is 3.76. The zero-order valence-electron chi connectivity index (χ0n) is 13.6. The van der Waals surface area contributed by atoms with E-state index in [2.05, 4.69) is 10.3 Å². The summed E-state index contributed by atoms with van der Waals surface area (Å²) in [5, 5.41) is 13.5. The Balaban J connectivity index is 1.94. The SMILES string of the molecule is Cc1cc2nc(-c3ccc(Cl)c(NC(=O)CSC#N)c3)oc2cc1C. The molecule has 1 heterocycles. The number of hydrogen-bond donors (Lipinski definition) is 1. The van der Waals surface area contributed by atoms with E-state index in [0.717, 1.165) is 28.4 Å². The standard InChI is InChI=1S/C18H14ClN3O2S/c1-10-5-15-16(6-11(10)2)24-18(22-15)12-3-4-13(19)14(7-12)21-17(23)8-25-9-20/h3-7H,8H2,1-2H3,(H,21,23). The lowest BCUT2D eigenvalue weighted by Crippen LogP contribution is -2.14. The van der Waals surface area contributed by atoms with Crippen molar-refractivity contribution in [1.82, 2.24) is 4.98 Å². The van der Waals surface area contributed by atoms with Gasteiger partial charge in [0.05, 0.1) is 16.5 Å². The number of rotatable bonds is 4. The van der Waals surface area contributed by atoms with Gasteiger partial charge >= 0.3 is 0 Å². The zero-order chi connectivity index (χ0) is 18.0. The summed E-state index contributed by atoms with van der Waals surface area (Å²) < 4.78 is 5.84. The van der Waals surface area contributed by atoms with E-state index < -0.39 is 0 Å². The summed E-state index contributed by atoms with van der Waals surface area (Å²) in [6.07, 6.45) is 0. The van der Waals surface area contributed by atoms with Crippen LogP contribution in [0.1, 0.15) is 11.1 Å². The maximum absolute atomic E-state index is 11.8. The minimum Gasteiger partial charge on any atom is -0.436 e. The molecular weight excluding hydrogens is 358 g/mol. The predicted molar refractivity (Wildman–Crippen MR) is 101 cm³/mol. The monoisotopic (exact) mass is 371 g/mol. The van der Waals surface area contributed by atoms with Crippen LogP contribution in [0.2, 0.25) is 5.02 Å². The van der Waals surface area contributed by atoms with E-state index in [1.807, 2.05) is 31.4 Å². The van der Waals surface area contributed by atoms with Crippen molar-refractivity contribution >= 4 is 46.1 Å². The van der Waals surface area contributed by atoms with Gasteiger partial charge in [-0.15, -0.1) is 0 Å². The Kier molecular flexibility index (Phi) is 4.98. The topological polar surface area (TPSA) is 78.9 Å². The Bertz CT molecular complexity index is 968. The number of anilines is 1. The van der Waals surface area contributed by atoms with Gasteiger partial charge in [-0.05, 0) is 67.1 Å². The molecular formula is C18H14ClN3O2S. The number of hydrogen-bond acceptors (Lipinski definition) is 5. The van der Waals surface area contributed by atoms with Gasteiger partial charge in [-0.1, -0.05) is 11.6 Å². The molecule has 0 saturated heterocycles. The van der Waals surface area contributed by atoms with E-state index in [0.29, 0.717) is 27.7 Å². The number of aromatic nitrogens is 1. The number of fused-ring (bicyclic) bond motifs is 1. The van der Waals surface area contributed by atoms with E-state index >= 15 is 0 Å². The summed E-state index contributed by atoms with van der Waals surface area (Å²) in [5.74, 6) is 0.200. The number of thiocyanates is 1.